The summed E-state index contributed by atoms with van der Waals surface area (Å²) in [6.07, 6.45) is 0.967. The van der Waals surface area contributed by atoms with Gasteiger partial charge in [0, 0.05) is 11.3 Å². The molecule has 6 nitrogen and oxygen atoms in total. The largest absolute Gasteiger partial charge is 0.494 e. The highest BCUT2D eigenvalue weighted by molar-refractivity contribution is 5.89. The highest BCUT2D eigenvalue weighted by Gasteiger charge is 2.12. The van der Waals surface area contributed by atoms with Crippen LogP contribution in [0.1, 0.15) is 30.9 Å². The highest BCUT2D eigenvalue weighted by atomic mass is 16.5. The van der Waals surface area contributed by atoms with Gasteiger partial charge in [0.05, 0.1) is 13.2 Å². The van der Waals surface area contributed by atoms with Gasteiger partial charge >= 0.3 is 6.03 Å². The number of aryl methyl sites for hydroxylation is 2. The Balaban J connectivity index is 1.59. The Morgan fingerprint density at radius 1 is 1.07 bits per heavy atom. The maximum atomic E-state index is 12.1. The van der Waals surface area contributed by atoms with E-state index in [1.807, 2.05) is 62.4 Å². The van der Waals surface area contributed by atoms with E-state index in [0.717, 1.165) is 23.4 Å². The summed E-state index contributed by atoms with van der Waals surface area (Å²) in [4.78, 5) is 16.6. The molecule has 6 heteroatoms. The molecule has 3 aromatic rings. The number of amides is 2. The van der Waals surface area contributed by atoms with Crippen molar-refractivity contribution >= 4 is 11.7 Å². The molecule has 0 aliphatic rings. The van der Waals surface area contributed by atoms with E-state index in [1.165, 1.54) is 5.56 Å². The van der Waals surface area contributed by atoms with Gasteiger partial charge in [-0.05, 0) is 62.2 Å². The number of ether oxygens (including phenoxy) is 1. The molecule has 0 spiro atoms. The van der Waals surface area contributed by atoms with Crippen LogP contribution in [0.4, 0.5) is 10.5 Å². The third kappa shape index (κ3) is 4.91. The molecule has 0 saturated carbocycles. The van der Waals surface area contributed by atoms with E-state index in [1.54, 1.807) is 0 Å². The summed E-state index contributed by atoms with van der Waals surface area (Å²) in [6, 6.07) is 15.1. The van der Waals surface area contributed by atoms with Crippen LogP contribution in [0.15, 0.2) is 52.9 Å². The van der Waals surface area contributed by atoms with Gasteiger partial charge in [-0.25, -0.2) is 9.78 Å². The summed E-state index contributed by atoms with van der Waals surface area (Å²) < 4.78 is 11.2. The Kier molecular flexibility index (Phi) is 6.32. The molecule has 3 rings (SSSR count). The number of hydrogen-bond donors (Lipinski definition) is 2. The third-order valence-corrected chi connectivity index (χ3v) is 4.34. The minimum absolute atomic E-state index is 0.283. The molecule has 2 amide bonds. The van der Waals surface area contributed by atoms with Crippen LogP contribution in [-0.4, -0.2) is 17.6 Å². The van der Waals surface area contributed by atoms with Crippen molar-refractivity contribution in [1.82, 2.24) is 10.3 Å². The molecule has 146 valence electrons. The van der Waals surface area contributed by atoms with Crippen molar-refractivity contribution in [2.24, 2.45) is 0 Å². The number of anilines is 1. The van der Waals surface area contributed by atoms with E-state index in [9.17, 15) is 4.79 Å². The number of hydrogen-bond acceptors (Lipinski definition) is 4. The van der Waals surface area contributed by atoms with Crippen LogP contribution in [0, 0.1) is 6.92 Å². The Morgan fingerprint density at radius 2 is 1.79 bits per heavy atom. The number of nitrogens with one attached hydrogen (secondary N) is 2. The van der Waals surface area contributed by atoms with Crippen molar-refractivity contribution < 1.29 is 13.9 Å². The summed E-state index contributed by atoms with van der Waals surface area (Å²) in [6.45, 7) is 6.78. The molecule has 1 aromatic heterocycles. The highest BCUT2D eigenvalue weighted by Crippen LogP contribution is 2.24. The zero-order chi connectivity index (χ0) is 19.9. The van der Waals surface area contributed by atoms with Gasteiger partial charge in [0.2, 0.25) is 5.89 Å². The summed E-state index contributed by atoms with van der Waals surface area (Å²) in [5, 5.41) is 5.63. The monoisotopic (exact) mass is 379 g/mol. The van der Waals surface area contributed by atoms with Crippen molar-refractivity contribution in [2.45, 2.75) is 33.7 Å². The van der Waals surface area contributed by atoms with Crippen molar-refractivity contribution in [1.29, 1.82) is 0 Å². The van der Waals surface area contributed by atoms with Crippen molar-refractivity contribution in [3.05, 3.63) is 65.5 Å². The van der Waals surface area contributed by atoms with Gasteiger partial charge in [0.1, 0.15) is 17.2 Å². The topological polar surface area (TPSA) is 76.4 Å². The number of aromatic nitrogens is 1. The predicted molar refractivity (Wildman–Crippen MR) is 110 cm³/mol. The van der Waals surface area contributed by atoms with Gasteiger partial charge < -0.3 is 19.8 Å². The normalized spacial score (nSPS) is 10.5. The maximum Gasteiger partial charge on any atom is 0.319 e. The molecule has 0 radical (unpaired) electrons. The number of benzene rings is 2. The zero-order valence-corrected chi connectivity index (χ0v) is 16.4. The average molecular weight is 379 g/mol. The molecule has 0 bridgehead atoms. The molecule has 0 aliphatic heterocycles. The lowest BCUT2D eigenvalue weighted by Gasteiger charge is -2.07. The number of urea groups is 1. The van der Waals surface area contributed by atoms with E-state index in [4.69, 9.17) is 9.15 Å². The molecule has 0 atom stereocenters. The van der Waals surface area contributed by atoms with Crippen LogP contribution in [-0.2, 0) is 13.0 Å². The Hall–Kier alpha value is -3.28. The number of carbonyl (C=O) groups excluding carboxylic acids is 1. The smallest absolute Gasteiger partial charge is 0.319 e. The second-order valence-corrected chi connectivity index (χ2v) is 6.34. The maximum absolute atomic E-state index is 12.1. The van der Waals surface area contributed by atoms with Crippen molar-refractivity contribution in [3.63, 3.8) is 0 Å². The van der Waals surface area contributed by atoms with Crippen LogP contribution in [0.25, 0.3) is 11.5 Å². The van der Waals surface area contributed by atoms with Crippen molar-refractivity contribution in [2.75, 3.05) is 11.9 Å². The fourth-order valence-corrected chi connectivity index (χ4v) is 2.74. The summed E-state index contributed by atoms with van der Waals surface area (Å²) >= 11 is 0. The van der Waals surface area contributed by atoms with Gasteiger partial charge in [-0.15, -0.1) is 0 Å². The fraction of sp³-hybridized carbons (Fsp3) is 0.273. The van der Waals surface area contributed by atoms with Crippen LogP contribution >= 0.6 is 0 Å². The first-order valence-corrected chi connectivity index (χ1v) is 9.42. The number of oxazole rings is 1. The van der Waals surface area contributed by atoms with Crippen molar-refractivity contribution in [3.8, 4) is 17.2 Å². The Morgan fingerprint density at radius 3 is 2.43 bits per heavy atom. The van der Waals surface area contributed by atoms with Gasteiger partial charge in [-0.2, -0.15) is 0 Å². The lowest BCUT2D eigenvalue weighted by Crippen LogP contribution is -2.28. The lowest BCUT2D eigenvalue weighted by molar-refractivity contribution is 0.251. The molecule has 2 N–H and O–H groups in total. The SMILES string of the molecule is CCOc1ccc(-c2nc(CNC(=O)Nc3ccc(CC)cc3)c(C)o2)cc1. The van der Waals surface area contributed by atoms with Gasteiger partial charge in [0.25, 0.3) is 0 Å². The van der Waals surface area contributed by atoms with Gasteiger partial charge in [-0.3, -0.25) is 0 Å². The second kappa shape index (κ2) is 9.08. The molecule has 0 aliphatic carbocycles. The molecule has 2 aromatic carbocycles. The molecule has 28 heavy (non-hydrogen) atoms. The minimum Gasteiger partial charge on any atom is -0.494 e. The van der Waals surface area contributed by atoms with E-state index < -0.39 is 0 Å². The van der Waals surface area contributed by atoms with Gasteiger partial charge in [-0.1, -0.05) is 19.1 Å². The molecular weight excluding hydrogens is 354 g/mol. The summed E-state index contributed by atoms with van der Waals surface area (Å²) in [7, 11) is 0. The Labute approximate surface area is 164 Å². The first-order valence-electron chi connectivity index (χ1n) is 9.42. The number of nitrogens with zero attached hydrogens (tertiary/aromatic N) is 1. The number of rotatable bonds is 7. The summed E-state index contributed by atoms with van der Waals surface area (Å²) in [5.74, 6) is 2.00. The van der Waals surface area contributed by atoms with E-state index >= 15 is 0 Å². The molecule has 0 fully saturated rings. The Bertz CT molecular complexity index is 915. The van der Waals surface area contributed by atoms with Crippen LogP contribution in [0.3, 0.4) is 0 Å². The standard InChI is InChI=1S/C22H25N3O3/c1-4-16-6-10-18(11-7-16)24-22(26)23-14-20-15(3)28-21(25-20)17-8-12-19(13-9-17)27-5-2/h6-13H,4-5,14H2,1-3H3,(H2,23,24,26). The quantitative estimate of drug-likeness (QED) is 0.610. The van der Waals surface area contributed by atoms with Crippen LogP contribution < -0.4 is 15.4 Å². The van der Waals surface area contributed by atoms with Gasteiger partial charge in [0.15, 0.2) is 0 Å². The third-order valence-electron chi connectivity index (χ3n) is 4.34. The van der Waals surface area contributed by atoms with E-state index in [-0.39, 0.29) is 12.6 Å². The molecule has 0 saturated heterocycles. The number of carbonyl (C=O) groups is 1. The van der Waals surface area contributed by atoms with E-state index in [0.29, 0.717) is 24.0 Å². The fourth-order valence-electron chi connectivity index (χ4n) is 2.74. The second-order valence-electron chi connectivity index (χ2n) is 6.34. The van der Waals surface area contributed by atoms with E-state index in [2.05, 4.69) is 22.5 Å². The first kappa shape index (κ1) is 19.5. The lowest BCUT2D eigenvalue weighted by atomic mass is 10.1. The molecule has 1 heterocycles. The zero-order valence-electron chi connectivity index (χ0n) is 16.4. The molecule has 0 unspecified atom stereocenters. The van der Waals surface area contributed by atoms with Crippen LogP contribution in [0.2, 0.25) is 0 Å². The minimum atomic E-state index is -0.283. The van der Waals surface area contributed by atoms with Crippen LogP contribution in [0.5, 0.6) is 5.75 Å². The first-order chi connectivity index (χ1) is 13.6. The predicted octanol–water partition coefficient (Wildman–Crippen LogP) is 4.93. The summed E-state index contributed by atoms with van der Waals surface area (Å²) in [5.41, 5.74) is 3.53. The molecular formula is C22H25N3O3. The average Bonchev–Trinajstić information content (AvgIpc) is 3.08.